The molecule has 1 aromatic carbocycles. The molecule has 1 aromatic heterocycles. The van der Waals surface area contributed by atoms with E-state index in [0.717, 1.165) is 29.9 Å². The molecule has 0 spiro atoms. The molecule has 0 bridgehead atoms. The standard InChI is InChI=1S/C13H13F2N3/c14-7-12-11-8-16-6-5-13(11)18(17-12)10-3-1-9(15)2-4-10/h1-4,16H,5-8H2. The molecular formula is C13H13F2N3. The number of benzene rings is 1. The van der Waals surface area contributed by atoms with Crippen molar-refractivity contribution in [2.75, 3.05) is 6.54 Å². The Bertz CT molecular complexity index is 560. The Labute approximate surface area is 103 Å². The van der Waals surface area contributed by atoms with E-state index in [9.17, 15) is 8.78 Å². The molecule has 1 N–H and O–H groups in total. The Morgan fingerprint density at radius 3 is 2.78 bits per heavy atom. The molecule has 5 heteroatoms. The molecule has 94 valence electrons. The number of alkyl halides is 1. The summed E-state index contributed by atoms with van der Waals surface area (Å²) in [6.45, 7) is 0.930. The van der Waals surface area contributed by atoms with Crippen molar-refractivity contribution in [3.8, 4) is 5.69 Å². The fraction of sp³-hybridized carbons (Fsp3) is 0.308. The second-order valence-corrected chi connectivity index (χ2v) is 4.32. The largest absolute Gasteiger partial charge is 0.312 e. The van der Waals surface area contributed by atoms with Crippen LogP contribution in [0.15, 0.2) is 24.3 Å². The molecule has 0 radical (unpaired) electrons. The van der Waals surface area contributed by atoms with Crippen molar-refractivity contribution < 1.29 is 8.78 Å². The first kappa shape index (κ1) is 11.3. The third kappa shape index (κ3) is 1.80. The zero-order valence-electron chi connectivity index (χ0n) is 9.79. The zero-order valence-corrected chi connectivity index (χ0v) is 9.79. The molecule has 3 rings (SSSR count). The quantitative estimate of drug-likeness (QED) is 0.883. The molecule has 0 saturated heterocycles. The predicted octanol–water partition coefficient (Wildman–Crippen LogP) is 2.13. The summed E-state index contributed by atoms with van der Waals surface area (Å²) in [6, 6.07) is 6.10. The van der Waals surface area contributed by atoms with Crippen molar-refractivity contribution in [2.45, 2.75) is 19.6 Å². The monoisotopic (exact) mass is 249 g/mol. The van der Waals surface area contributed by atoms with Crippen LogP contribution in [0, 0.1) is 5.82 Å². The first-order valence-corrected chi connectivity index (χ1v) is 5.92. The van der Waals surface area contributed by atoms with E-state index in [-0.39, 0.29) is 5.82 Å². The Hall–Kier alpha value is -1.75. The maximum absolute atomic E-state index is 12.9. The lowest BCUT2D eigenvalue weighted by molar-refractivity contribution is 0.469. The summed E-state index contributed by atoms with van der Waals surface area (Å²) in [4.78, 5) is 0. The second-order valence-electron chi connectivity index (χ2n) is 4.32. The number of fused-ring (bicyclic) bond motifs is 1. The van der Waals surface area contributed by atoms with E-state index in [1.807, 2.05) is 0 Å². The highest BCUT2D eigenvalue weighted by molar-refractivity contribution is 5.38. The summed E-state index contributed by atoms with van der Waals surface area (Å²) >= 11 is 0. The summed E-state index contributed by atoms with van der Waals surface area (Å²) in [5.74, 6) is -0.285. The second kappa shape index (κ2) is 4.49. The molecule has 0 amide bonds. The first-order chi connectivity index (χ1) is 8.79. The molecule has 2 heterocycles. The predicted molar refractivity (Wildman–Crippen MR) is 63.7 cm³/mol. The third-order valence-corrected chi connectivity index (χ3v) is 3.21. The van der Waals surface area contributed by atoms with Gasteiger partial charge >= 0.3 is 0 Å². The highest BCUT2D eigenvalue weighted by atomic mass is 19.1. The van der Waals surface area contributed by atoms with Crippen LogP contribution in [0.5, 0.6) is 0 Å². The van der Waals surface area contributed by atoms with E-state index < -0.39 is 6.67 Å². The van der Waals surface area contributed by atoms with Crippen LogP contribution < -0.4 is 5.32 Å². The molecule has 3 nitrogen and oxygen atoms in total. The number of aromatic nitrogens is 2. The lowest BCUT2D eigenvalue weighted by atomic mass is 10.1. The molecular weight excluding hydrogens is 236 g/mol. The van der Waals surface area contributed by atoms with Gasteiger partial charge in [0.05, 0.1) is 17.1 Å². The fourth-order valence-electron chi connectivity index (χ4n) is 2.32. The third-order valence-electron chi connectivity index (χ3n) is 3.21. The summed E-state index contributed by atoms with van der Waals surface area (Å²) in [7, 11) is 0. The summed E-state index contributed by atoms with van der Waals surface area (Å²) in [5, 5.41) is 7.50. The van der Waals surface area contributed by atoms with Gasteiger partial charge in [-0.05, 0) is 24.3 Å². The maximum atomic E-state index is 12.9. The van der Waals surface area contributed by atoms with Crippen molar-refractivity contribution in [3.05, 3.63) is 47.0 Å². The van der Waals surface area contributed by atoms with Gasteiger partial charge in [-0.1, -0.05) is 0 Å². The molecule has 2 aromatic rings. The number of halogens is 2. The van der Waals surface area contributed by atoms with Crippen LogP contribution in [0.2, 0.25) is 0 Å². The summed E-state index contributed by atoms with van der Waals surface area (Å²) < 4.78 is 27.6. The first-order valence-electron chi connectivity index (χ1n) is 5.92. The number of nitrogens with one attached hydrogen (secondary N) is 1. The number of rotatable bonds is 2. The van der Waals surface area contributed by atoms with Gasteiger partial charge in [0.15, 0.2) is 0 Å². The van der Waals surface area contributed by atoms with Crippen molar-refractivity contribution in [3.63, 3.8) is 0 Å². The van der Waals surface area contributed by atoms with E-state index >= 15 is 0 Å². The van der Waals surface area contributed by atoms with E-state index in [1.165, 1.54) is 12.1 Å². The van der Waals surface area contributed by atoms with Crippen LogP contribution in [-0.4, -0.2) is 16.3 Å². The Balaban J connectivity index is 2.11. The van der Waals surface area contributed by atoms with E-state index in [4.69, 9.17) is 0 Å². The van der Waals surface area contributed by atoms with Gasteiger partial charge in [0.25, 0.3) is 0 Å². The van der Waals surface area contributed by atoms with Crippen LogP contribution in [0.1, 0.15) is 17.0 Å². The van der Waals surface area contributed by atoms with Crippen LogP contribution in [0.3, 0.4) is 0 Å². The highest BCUT2D eigenvalue weighted by Crippen LogP contribution is 2.22. The highest BCUT2D eigenvalue weighted by Gasteiger charge is 2.20. The lowest BCUT2D eigenvalue weighted by Crippen LogP contribution is -2.24. The van der Waals surface area contributed by atoms with E-state index in [1.54, 1.807) is 16.8 Å². The minimum Gasteiger partial charge on any atom is -0.312 e. The SMILES string of the molecule is FCc1nn(-c2ccc(F)cc2)c2c1CNCC2. The molecule has 1 aliphatic heterocycles. The minimum absolute atomic E-state index is 0.285. The van der Waals surface area contributed by atoms with Crippen molar-refractivity contribution >= 4 is 0 Å². The molecule has 0 aliphatic carbocycles. The average Bonchev–Trinajstić information content (AvgIpc) is 2.79. The van der Waals surface area contributed by atoms with Gasteiger partial charge in [0.2, 0.25) is 0 Å². The Morgan fingerprint density at radius 2 is 2.06 bits per heavy atom. The molecule has 1 aliphatic rings. The van der Waals surface area contributed by atoms with Gasteiger partial charge in [-0.2, -0.15) is 5.10 Å². The molecule has 0 unspecified atom stereocenters. The fourth-order valence-corrected chi connectivity index (χ4v) is 2.32. The van der Waals surface area contributed by atoms with Gasteiger partial charge in [0, 0.05) is 25.1 Å². The molecule has 18 heavy (non-hydrogen) atoms. The maximum Gasteiger partial charge on any atom is 0.134 e. The normalized spacial score (nSPS) is 14.6. The van der Waals surface area contributed by atoms with Crippen LogP contribution in [0.25, 0.3) is 5.69 Å². The van der Waals surface area contributed by atoms with Crippen molar-refractivity contribution in [1.82, 2.24) is 15.1 Å². The molecule has 0 fully saturated rings. The van der Waals surface area contributed by atoms with Crippen LogP contribution in [0.4, 0.5) is 8.78 Å². The summed E-state index contributed by atoms with van der Waals surface area (Å²) in [5.41, 5.74) is 3.21. The molecule has 0 saturated carbocycles. The van der Waals surface area contributed by atoms with Crippen LogP contribution >= 0.6 is 0 Å². The van der Waals surface area contributed by atoms with Gasteiger partial charge in [-0.3, -0.25) is 0 Å². The van der Waals surface area contributed by atoms with E-state index in [0.29, 0.717) is 12.2 Å². The molecule has 0 atom stereocenters. The number of hydrogen-bond acceptors (Lipinski definition) is 2. The van der Waals surface area contributed by atoms with Gasteiger partial charge in [0.1, 0.15) is 12.5 Å². The average molecular weight is 249 g/mol. The smallest absolute Gasteiger partial charge is 0.134 e. The van der Waals surface area contributed by atoms with Crippen molar-refractivity contribution in [1.29, 1.82) is 0 Å². The lowest BCUT2D eigenvalue weighted by Gasteiger charge is -2.15. The number of nitrogens with zero attached hydrogens (tertiary/aromatic N) is 2. The Morgan fingerprint density at radius 1 is 1.28 bits per heavy atom. The minimum atomic E-state index is -0.571. The van der Waals surface area contributed by atoms with Crippen LogP contribution in [-0.2, 0) is 19.6 Å². The van der Waals surface area contributed by atoms with Crippen molar-refractivity contribution in [2.24, 2.45) is 0 Å². The number of hydrogen-bond donors (Lipinski definition) is 1. The Kier molecular flexibility index (Phi) is 2.83. The summed E-state index contributed by atoms with van der Waals surface area (Å²) in [6.07, 6.45) is 0.805. The van der Waals surface area contributed by atoms with Gasteiger partial charge in [-0.25, -0.2) is 13.5 Å². The van der Waals surface area contributed by atoms with E-state index in [2.05, 4.69) is 10.4 Å². The zero-order chi connectivity index (χ0) is 12.5. The van der Waals surface area contributed by atoms with Gasteiger partial charge < -0.3 is 5.32 Å². The topological polar surface area (TPSA) is 29.9 Å². The van der Waals surface area contributed by atoms with Gasteiger partial charge in [-0.15, -0.1) is 0 Å².